The first-order valence-electron chi connectivity index (χ1n) is 11.4. The van der Waals surface area contributed by atoms with Crippen LogP contribution in [0.15, 0.2) is 48.5 Å². The van der Waals surface area contributed by atoms with Gasteiger partial charge in [-0.3, -0.25) is 0 Å². The Bertz CT molecular complexity index is 1340. The molecule has 1 fully saturated rings. The standard InChI is InChI=1S/C25H24F3N5OS/c1-14-2-11-19-20(12-14)35-24(30-19)33-22-13-21(25(27,28)15-3-5-16(26)6-4-15)31-23(32-22)29-17-7-9-18(34)10-8-17/h2-6,11-13,17-18,34H,7-10H2,1H3,(H2,29,30,31,32,33). The van der Waals surface area contributed by atoms with Gasteiger partial charge in [-0.15, -0.1) is 0 Å². The van der Waals surface area contributed by atoms with Gasteiger partial charge in [-0.2, -0.15) is 13.8 Å². The second kappa shape index (κ2) is 9.43. The predicted molar refractivity (Wildman–Crippen MR) is 131 cm³/mol. The lowest BCUT2D eigenvalue weighted by molar-refractivity contribution is 0.0380. The summed E-state index contributed by atoms with van der Waals surface area (Å²) in [5, 5.41) is 16.5. The molecule has 0 atom stereocenters. The van der Waals surface area contributed by atoms with E-state index in [1.807, 2.05) is 25.1 Å². The molecule has 2 aromatic carbocycles. The third-order valence-electron chi connectivity index (χ3n) is 6.06. The Hall–Kier alpha value is -3.24. The van der Waals surface area contributed by atoms with Crippen molar-refractivity contribution in [3.05, 3.63) is 71.2 Å². The van der Waals surface area contributed by atoms with E-state index in [1.165, 1.54) is 17.4 Å². The minimum absolute atomic E-state index is 0.0358. The van der Waals surface area contributed by atoms with E-state index >= 15 is 8.78 Å². The largest absolute Gasteiger partial charge is 0.393 e. The number of benzene rings is 2. The minimum atomic E-state index is -3.48. The summed E-state index contributed by atoms with van der Waals surface area (Å²) in [6.45, 7) is 1.99. The van der Waals surface area contributed by atoms with Gasteiger partial charge in [0.15, 0.2) is 5.13 Å². The zero-order valence-corrected chi connectivity index (χ0v) is 19.7. The monoisotopic (exact) mass is 499 g/mol. The lowest BCUT2D eigenvalue weighted by atomic mass is 9.93. The number of thiazole rings is 1. The Morgan fingerprint density at radius 2 is 1.71 bits per heavy atom. The highest BCUT2D eigenvalue weighted by Crippen LogP contribution is 2.37. The maximum absolute atomic E-state index is 15.4. The SMILES string of the molecule is Cc1ccc2nc(Nc3cc(C(F)(F)c4ccc(F)cc4)nc(NC4CCC(O)CC4)n3)sc2c1. The molecule has 1 aliphatic rings. The number of nitrogens with one attached hydrogen (secondary N) is 2. The first-order chi connectivity index (χ1) is 16.8. The molecule has 0 saturated heterocycles. The van der Waals surface area contributed by atoms with Crippen LogP contribution < -0.4 is 10.6 Å². The van der Waals surface area contributed by atoms with Gasteiger partial charge in [0.1, 0.15) is 17.3 Å². The second-order valence-corrected chi connectivity index (χ2v) is 9.84. The fourth-order valence-electron chi connectivity index (χ4n) is 4.14. The van der Waals surface area contributed by atoms with E-state index in [4.69, 9.17) is 0 Å². The van der Waals surface area contributed by atoms with E-state index in [2.05, 4.69) is 25.6 Å². The topological polar surface area (TPSA) is 83.0 Å². The van der Waals surface area contributed by atoms with Crippen LogP contribution in [0.1, 0.15) is 42.5 Å². The molecule has 3 N–H and O–H groups in total. The summed E-state index contributed by atoms with van der Waals surface area (Å²) >= 11 is 1.40. The maximum Gasteiger partial charge on any atom is 0.315 e. The molecular formula is C25H24F3N5OS. The van der Waals surface area contributed by atoms with E-state index in [0.717, 1.165) is 40.0 Å². The van der Waals surface area contributed by atoms with Crippen molar-refractivity contribution in [3.63, 3.8) is 0 Å². The van der Waals surface area contributed by atoms with Crippen LogP contribution in [0.25, 0.3) is 10.2 Å². The Morgan fingerprint density at radius 3 is 2.46 bits per heavy atom. The highest BCUT2D eigenvalue weighted by molar-refractivity contribution is 7.22. The van der Waals surface area contributed by atoms with Crippen LogP contribution in [-0.2, 0) is 5.92 Å². The van der Waals surface area contributed by atoms with Crippen LogP contribution in [0.5, 0.6) is 0 Å². The molecule has 182 valence electrons. The van der Waals surface area contributed by atoms with Crippen LogP contribution in [0.4, 0.5) is 30.1 Å². The van der Waals surface area contributed by atoms with Gasteiger partial charge in [-0.05, 0) is 74.6 Å². The van der Waals surface area contributed by atoms with Crippen LogP contribution >= 0.6 is 11.3 Å². The molecule has 2 aromatic heterocycles. The molecule has 5 rings (SSSR count). The molecule has 4 aromatic rings. The molecule has 10 heteroatoms. The number of fused-ring (bicyclic) bond motifs is 1. The smallest absolute Gasteiger partial charge is 0.315 e. The first kappa shape index (κ1) is 23.5. The molecule has 0 aliphatic heterocycles. The number of halogens is 3. The van der Waals surface area contributed by atoms with Crippen molar-refractivity contribution in [2.45, 2.75) is 50.7 Å². The zero-order valence-electron chi connectivity index (χ0n) is 18.9. The maximum atomic E-state index is 15.4. The fraction of sp³-hybridized carbons (Fsp3) is 0.320. The highest BCUT2D eigenvalue weighted by atomic mass is 32.1. The van der Waals surface area contributed by atoms with Gasteiger partial charge in [0.2, 0.25) is 5.95 Å². The third-order valence-corrected chi connectivity index (χ3v) is 7.00. The van der Waals surface area contributed by atoms with Crippen molar-refractivity contribution in [2.24, 2.45) is 0 Å². The predicted octanol–water partition coefficient (Wildman–Crippen LogP) is 6.13. The van der Waals surface area contributed by atoms with Gasteiger partial charge in [0.25, 0.3) is 0 Å². The molecule has 0 spiro atoms. The van der Waals surface area contributed by atoms with Crippen molar-refractivity contribution < 1.29 is 18.3 Å². The lowest BCUT2D eigenvalue weighted by Gasteiger charge is -2.26. The van der Waals surface area contributed by atoms with E-state index in [0.29, 0.717) is 30.8 Å². The summed E-state index contributed by atoms with van der Waals surface area (Å²) < 4.78 is 45.2. The average Bonchev–Trinajstić information content (AvgIpc) is 3.22. The van der Waals surface area contributed by atoms with Crippen molar-refractivity contribution in [1.82, 2.24) is 15.0 Å². The normalized spacial score (nSPS) is 18.5. The molecule has 1 saturated carbocycles. The molecule has 0 bridgehead atoms. The number of anilines is 3. The molecule has 2 heterocycles. The number of aromatic nitrogens is 3. The summed E-state index contributed by atoms with van der Waals surface area (Å²) in [5.74, 6) is -3.84. The van der Waals surface area contributed by atoms with Gasteiger partial charge >= 0.3 is 5.92 Å². The van der Waals surface area contributed by atoms with Gasteiger partial charge in [0.05, 0.1) is 16.3 Å². The van der Waals surface area contributed by atoms with Gasteiger partial charge in [-0.25, -0.2) is 14.4 Å². The zero-order chi connectivity index (χ0) is 24.6. The second-order valence-electron chi connectivity index (χ2n) is 8.81. The van der Waals surface area contributed by atoms with Gasteiger partial charge in [-0.1, -0.05) is 17.4 Å². The van der Waals surface area contributed by atoms with Gasteiger partial charge < -0.3 is 15.7 Å². The Balaban J connectivity index is 1.49. The molecule has 0 amide bonds. The van der Waals surface area contributed by atoms with Crippen LogP contribution in [0.2, 0.25) is 0 Å². The fourth-order valence-corrected chi connectivity index (χ4v) is 5.11. The molecule has 0 unspecified atom stereocenters. The van der Waals surface area contributed by atoms with Crippen molar-refractivity contribution in [1.29, 1.82) is 0 Å². The van der Waals surface area contributed by atoms with E-state index in [-0.39, 0.29) is 29.5 Å². The lowest BCUT2D eigenvalue weighted by Crippen LogP contribution is -2.29. The number of nitrogens with zero attached hydrogens (tertiary/aromatic N) is 3. The van der Waals surface area contributed by atoms with Crippen molar-refractivity contribution >= 4 is 38.5 Å². The van der Waals surface area contributed by atoms with Crippen LogP contribution in [0, 0.1) is 12.7 Å². The molecular weight excluding hydrogens is 475 g/mol. The number of rotatable bonds is 6. The van der Waals surface area contributed by atoms with E-state index in [1.54, 1.807) is 0 Å². The summed E-state index contributed by atoms with van der Waals surface area (Å²) in [4.78, 5) is 13.1. The summed E-state index contributed by atoms with van der Waals surface area (Å²) in [6, 6.07) is 11.1. The highest BCUT2D eigenvalue weighted by Gasteiger charge is 2.37. The summed E-state index contributed by atoms with van der Waals surface area (Å²) in [6.07, 6.45) is 2.27. The number of aryl methyl sites for hydroxylation is 1. The van der Waals surface area contributed by atoms with Crippen molar-refractivity contribution in [3.8, 4) is 0 Å². The Morgan fingerprint density at radius 1 is 0.971 bits per heavy atom. The number of hydrogen-bond acceptors (Lipinski definition) is 7. The summed E-state index contributed by atoms with van der Waals surface area (Å²) in [7, 11) is 0. The van der Waals surface area contributed by atoms with E-state index < -0.39 is 17.4 Å². The number of hydrogen-bond donors (Lipinski definition) is 3. The summed E-state index contributed by atoms with van der Waals surface area (Å²) in [5.41, 5.74) is 1.01. The van der Waals surface area contributed by atoms with Crippen LogP contribution in [-0.4, -0.2) is 32.2 Å². The van der Waals surface area contributed by atoms with Crippen LogP contribution in [0.3, 0.4) is 0 Å². The Labute approximate surface area is 204 Å². The van der Waals surface area contributed by atoms with Crippen molar-refractivity contribution in [2.75, 3.05) is 10.6 Å². The average molecular weight is 500 g/mol. The number of alkyl halides is 2. The minimum Gasteiger partial charge on any atom is -0.393 e. The van der Waals surface area contributed by atoms with E-state index in [9.17, 15) is 9.50 Å². The van der Waals surface area contributed by atoms with Gasteiger partial charge in [0, 0.05) is 17.7 Å². The quantitative estimate of drug-likeness (QED) is 0.296. The molecule has 6 nitrogen and oxygen atoms in total. The molecule has 1 aliphatic carbocycles. The first-order valence-corrected chi connectivity index (χ1v) is 12.2. The number of aliphatic hydroxyl groups is 1. The third kappa shape index (κ3) is 5.23. The molecule has 0 radical (unpaired) electrons. The Kier molecular flexibility index (Phi) is 6.33. The number of aliphatic hydroxyl groups excluding tert-OH is 1. The molecule has 35 heavy (non-hydrogen) atoms.